The van der Waals surface area contributed by atoms with Crippen LogP contribution in [-0.4, -0.2) is 39.7 Å². The van der Waals surface area contributed by atoms with Crippen LogP contribution in [0, 0.1) is 0 Å². The van der Waals surface area contributed by atoms with Gasteiger partial charge in [0.15, 0.2) is 6.29 Å². The van der Waals surface area contributed by atoms with Crippen molar-refractivity contribution < 1.29 is 9.53 Å². The summed E-state index contributed by atoms with van der Waals surface area (Å²) in [6, 6.07) is 16.9. The van der Waals surface area contributed by atoms with Crippen molar-refractivity contribution in [3.8, 4) is 5.75 Å². The zero-order chi connectivity index (χ0) is 23.8. The minimum absolute atomic E-state index is 0.200. The van der Waals surface area contributed by atoms with Crippen molar-refractivity contribution >= 4 is 18.7 Å². The average molecular weight is 437 g/mol. The molecule has 172 valence electrons. The molecule has 4 N–H and O–H groups in total. The Morgan fingerprint density at radius 3 is 2.28 bits per heavy atom. The number of likely N-dealkylation sites (N-methyl/N-ethyl adjacent to an activating group) is 1. The molecule has 6 nitrogen and oxygen atoms in total. The molecule has 0 radical (unpaired) electrons. The van der Waals surface area contributed by atoms with E-state index < -0.39 is 0 Å². The van der Waals surface area contributed by atoms with E-state index in [4.69, 9.17) is 10.5 Å². The van der Waals surface area contributed by atoms with Gasteiger partial charge in [0.25, 0.3) is 0 Å². The number of methoxy groups -OCH3 is 1. The van der Waals surface area contributed by atoms with Crippen LogP contribution in [0.2, 0.25) is 0 Å². The first-order valence-corrected chi connectivity index (χ1v) is 10.8. The number of ether oxygens (including phenoxy) is 1. The molecule has 0 unspecified atom stereocenters. The molecule has 0 amide bonds. The number of nitrogens with two attached hydrogens (primary N) is 1. The molecule has 0 aliphatic heterocycles. The quantitative estimate of drug-likeness (QED) is 0.251. The number of nitrogens with one attached hydrogen (secondary N) is 2. The van der Waals surface area contributed by atoms with E-state index in [2.05, 4.69) is 46.6 Å². The number of carbonyl (C=O) groups is 1. The summed E-state index contributed by atoms with van der Waals surface area (Å²) in [5.74, 6) is 0.756. The number of aldehydes is 1. The molecule has 1 aliphatic rings. The molecular formula is C26H36N4O2. The van der Waals surface area contributed by atoms with Crippen LogP contribution in [-0.2, 0) is 17.6 Å². The van der Waals surface area contributed by atoms with Crippen LogP contribution in [0.25, 0.3) is 0 Å². The number of nitrogens with zero attached hydrogens (tertiary/aromatic N) is 1. The highest BCUT2D eigenvalue weighted by Crippen LogP contribution is 2.22. The normalized spacial score (nSPS) is 13.0. The number of para-hydroxylation sites is 2. The lowest BCUT2D eigenvalue weighted by Crippen LogP contribution is -2.24. The maximum atomic E-state index is 10.5. The lowest BCUT2D eigenvalue weighted by atomic mass is 10.1. The minimum atomic E-state index is 0.200. The van der Waals surface area contributed by atoms with Crippen LogP contribution in [0.1, 0.15) is 25.0 Å². The molecular weight excluding hydrogens is 400 g/mol. The van der Waals surface area contributed by atoms with Gasteiger partial charge in [-0.1, -0.05) is 50.2 Å². The number of hydrogen-bond donors (Lipinski definition) is 3. The van der Waals surface area contributed by atoms with Crippen LogP contribution in [0.5, 0.6) is 5.75 Å². The Morgan fingerprint density at radius 2 is 1.75 bits per heavy atom. The monoisotopic (exact) mass is 436 g/mol. The van der Waals surface area contributed by atoms with E-state index >= 15 is 0 Å². The second-order valence-electron chi connectivity index (χ2n) is 6.79. The second-order valence-corrected chi connectivity index (χ2v) is 6.79. The van der Waals surface area contributed by atoms with E-state index in [1.165, 1.54) is 30.0 Å². The minimum Gasteiger partial charge on any atom is -0.495 e. The number of anilines is 1. The van der Waals surface area contributed by atoms with E-state index in [1.807, 2.05) is 45.2 Å². The Kier molecular flexibility index (Phi) is 12.8. The number of carbonyl (C=O) groups excluding carboxylic acids is 1. The van der Waals surface area contributed by atoms with Crippen molar-refractivity contribution in [1.82, 2.24) is 5.32 Å². The average Bonchev–Trinajstić information content (AvgIpc) is 3.28. The highest BCUT2D eigenvalue weighted by Gasteiger charge is 2.18. The van der Waals surface area contributed by atoms with Gasteiger partial charge in [-0.15, -0.1) is 0 Å². The Morgan fingerprint density at radius 1 is 1.16 bits per heavy atom. The zero-order valence-electron chi connectivity index (χ0n) is 19.6. The van der Waals surface area contributed by atoms with Crippen LogP contribution >= 0.6 is 0 Å². The van der Waals surface area contributed by atoms with Gasteiger partial charge < -0.3 is 21.1 Å². The van der Waals surface area contributed by atoms with E-state index in [0.29, 0.717) is 24.6 Å². The third-order valence-corrected chi connectivity index (χ3v) is 4.81. The standard InChI is InChI=1S/C14H17N3O2.C10H13N.C2H6/c1-16-12(10-18)9-11(15)7-8-17-13-5-3-4-6-14(13)19-2;1-11-10-6-8-4-2-3-5-9(8)7-10;1-2/h3-7,9-10,17H,1,8,15H2,2H3;2-5,10-11H,6-7H2,1H3;1-2H3/b11-7+,12-9-;;. The summed E-state index contributed by atoms with van der Waals surface area (Å²) >= 11 is 0. The molecule has 0 atom stereocenters. The first-order valence-electron chi connectivity index (χ1n) is 10.8. The van der Waals surface area contributed by atoms with Crippen molar-refractivity contribution in [3.63, 3.8) is 0 Å². The van der Waals surface area contributed by atoms with Gasteiger partial charge in [0.2, 0.25) is 0 Å². The van der Waals surface area contributed by atoms with Crippen molar-refractivity contribution in [2.75, 3.05) is 26.0 Å². The zero-order valence-corrected chi connectivity index (χ0v) is 19.6. The Balaban J connectivity index is 0.000000331. The molecule has 2 aromatic rings. The van der Waals surface area contributed by atoms with Gasteiger partial charge >= 0.3 is 0 Å². The topological polar surface area (TPSA) is 88.7 Å². The summed E-state index contributed by atoms with van der Waals surface area (Å²) in [6.07, 6.45) is 6.20. The molecule has 6 heteroatoms. The fourth-order valence-electron chi connectivity index (χ4n) is 3.18. The van der Waals surface area contributed by atoms with E-state index in [0.717, 1.165) is 11.4 Å². The summed E-state index contributed by atoms with van der Waals surface area (Å²) in [5, 5.41) is 6.47. The highest BCUT2D eigenvalue weighted by atomic mass is 16.5. The van der Waals surface area contributed by atoms with Gasteiger partial charge in [0.1, 0.15) is 11.4 Å². The van der Waals surface area contributed by atoms with Gasteiger partial charge in [-0.2, -0.15) is 0 Å². The molecule has 0 aromatic heterocycles. The van der Waals surface area contributed by atoms with Crippen molar-refractivity contribution in [1.29, 1.82) is 0 Å². The lowest BCUT2D eigenvalue weighted by Gasteiger charge is -2.09. The van der Waals surface area contributed by atoms with Gasteiger partial charge in [-0.25, -0.2) is 0 Å². The molecule has 0 bridgehead atoms. The molecule has 0 saturated carbocycles. The van der Waals surface area contributed by atoms with E-state index in [-0.39, 0.29) is 5.70 Å². The van der Waals surface area contributed by atoms with Gasteiger partial charge in [0, 0.05) is 18.3 Å². The van der Waals surface area contributed by atoms with Crippen LogP contribution < -0.4 is 21.1 Å². The second kappa shape index (κ2) is 15.4. The fraction of sp³-hybridized carbons (Fsp3) is 0.308. The molecule has 0 fully saturated rings. The van der Waals surface area contributed by atoms with Crippen LogP contribution in [0.3, 0.4) is 0 Å². The largest absolute Gasteiger partial charge is 0.495 e. The van der Waals surface area contributed by atoms with Crippen LogP contribution in [0.4, 0.5) is 5.69 Å². The van der Waals surface area contributed by atoms with Gasteiger partial charge in [-0.3, -0.25) is 9.79 Å². The summed E-state index contributed by atoms with van der Waals surface area (Å²) in [5.41, 5.74) is 10.3. The van der Waals surface area contributed by atoms with Crippen LogP contribution in [0.15, 0.2) is 77.1 Å². The Bertz CT molecular complexity index is 871. The summed E-state index contributed by atoms with van der Waals surface area (Å²) < 4.78 is 5.21. The molecule has 2 aromatic carbocycles. The highest BCUT2D eigenvalue weighted by molar-refractivity contribution is 5.75. The number of aliphatic imine (C=N–C) groups is 1. The first-order chi connectivity index (χ1) is 15.6. The van der Waals surface area contributed by atoms with Crippen molar-refractivity contribution in [3.05, 3.63) is 83.2 Å². The Labute approximate surface area is 192 Å². The van der Waals surface area contributed by atoms with Crippen molar-refractivity contribution in [2.24, 2.45) is 10.7 Å². The summed E-state index contributed by atoms with van der Waals surface area (Å²) in [4.78, 5) is 14.1. The van der Waals surface area contributed by atoms with E-state index in [9.17, 15) is 4.79 Å². The van der Waals surface area contributed by atoms with Gasteiger partial charge in [-0.05, 0) is 62.0 Å². The molecule has 32 heavy (non-hydrogen) atoms. The third-order valence-electron chi connectivity index (χ3n) is 4.81. The number of fused-ring (bicyclic) bond motifs is 1. The summed E-state index contributed by atoms with van der Waals surface area (Å²) in [6.45, 7) is 7.78. The number of rotatable bonds is 8. The van der Waals surface area contributed by atoms with E-state index in [1.54, 1.807) is 13.2 Å². The fourth-order valence-corrected chi connectivity index (χ4v) is 3.18. The summed E-state index contributed by atoms with van der Waals surface area (Å²) in [7, 11) is 3.65. The molecule has 0 heterocycles. The molecule has 0 spiro atoms. The number of benzene rings is 2. The lowest BCUT2D eigenvalue weighted by molar-refractivity contribution is -0.104. The van der Waals surface area contributed by atoms with Crippen molar-refractivity contribution in [2.45, 2.75) is 32.7 Å². The molecule has 3 rings (SSSR count). The molecule has 0 saturated heterocycles. The first kappa shape index (κ1) is 26.7. The SMILES string of the molecule is C=N/C(C=O)=C\C(N)=C/CNc1ccccc1OC.CC.CNC1Cc2ccccc2C1. The Hall–Kier alpha value is -3.38. The maximum Gasteiger partial charge on any atom is 0.168 e. The smallest absolute Gasteiger partial charge is 0.168 e. The molecule has 1 aliphatic carbocycles. The third kappa shape index (κ3) is 8.78. The predicted octanol–water partition coefficient (Wildman–Crippen LogP) is 4.13. The maximum absolute atomic E-state index is 10.5. The number of allylic oxidation sites excluding steroid dienone is 2. The predicted molar refractivity (Wildman–Crippen MR) is 135 cm³/mol. The van der Waals surface area contributed by atoms with Gasteiger partial charge in [0.05, 0.1) is 12.8 Å². The number of hydrogen-bond acceptors (Lipinski definition) is 6.